The third-order valence-corrected chi connectivity index (χ3v) is 2.67. The number of alkyl halides is 1. The van der Waals surface area contributed by atoms with Crippen LogP contribution < -0.4 is 0 Å². The normalized spacial score (nSPS) is 13.0. The number of nitrogens with zero attached hydrogens (tertiary/aromatic N) is 1. The highest BCUT2D eigenvalue weighted by molar-refractivity contribution is 6.18. The number of hydrogen-bond donors (Lipinski definition) is 2. The molecule has 1 aromatic rings. The average molecular weight is 244 g/mol. The predicted molar refractivity (Wildman–Crippen MR) is 65.5 cm³/mol. The second-order valence-electron chi connectivity index (χ2n) is 3.75. The van der Waals surface area contributed by atoms with E-state index in [0.29, 0.717) is 13.1 Å². The summed E-state index contributed by atoms with van der Waals surface area (Å²) in [7, 11) is 0. The smallest absolute Gasteiger partial charge is 0.0802 e. The third-order valence-electron chi connectivity index (χ3n) is 2.31. The van der Waals surface area contributed by atoms with Crippen molar-refractivity contribution >= 4 is 11.6 Å². The van der Waals surface area contributed by atoms with Crippen molar-refractivity contribution in [3.8, 4) is 0 Å². The Balaban J connectivity index is 2.50. The Kier molecular flexibility index (Phi) is 6.42. The zero-order valence-corrected chi connectivity index (χ0v) is 9.98. The van der Waals surface area contributed by atoms with Crippen molar-refractivity contribution in [2.24, 2.45) is 0 Å². The lowest BCUT2D eigenvalue weighted by Crippen LogP contribution is -2.34. The highest BCUT2D eigenvalue weighted by atomic mass is 35.5. The molecule has 0 saturated heterocycles. The maximum Gasteiger partial charge on any atom is 0.0802 e. The van der Waals surface area contributed by atoms with Crippen LogP contribution in [0.25, 0.3) is 0 Å². The van der Waals surface area contributed by atoms with Crippen molar-refractivity contribution < 1.29 is 10.2 Å². The molecule has 90 valence electrons. The van der Waals surface area contributed by atoms with E-state index in [4.69, 9.17) is 16.7 Å². The van der Waals surface area contributed by atoms with Crippen LogP contribution in [0.2, 0.25) is 0 Å². The Morgan fingerprint density at radius 1 is 1.25 bits per heavy atom. The zero-order chi connectivity index (χ0) is 11.8. The lowest BCUT2D eigenvalue weighted by molar-refractivity contribution is 0.109. The first kappa shape index (κ1) is 13.5. The molecular weight excluding hydrogens is 226 g/mol. The highest BCUT2D eigenvalue weighted by Gasteiger charge is 2.10. The van der Waals surface area contributed by atoms with Crippen LogP contribution in [0.15, 0.2) is 30.3 Å². The molecule has 1 atom stereocenters. The van der Waals surface area contributed by atoms with Crippen LogP contribution in [0.4, 0.5) is 0 Å². The van der Waals surface area contributed by atoms with Gasteiger partial charge in [-0.25, -0.2) is 0 Å². The van der Waals surface area contributed by atoms with Crippen LogP contribution in [0.1, 0.15) is 5.56 Å². The molecule has 4 heteroatoms. The number of benzene rings is 1. The lowest BCUT2D eigenvalue weighted by Gasteiger charge is -2.23. The largest absolute Gasteiger partial charge is 0.395 e. The van der Waals surface area contributed by atoms with Crippen molar-refractivity contribution in [2.75, 3.05) is 25.6 Å². The van der Waals surface area contributed by atoms with Crippen LogP contribution >= 0.6 is 11.6 Å². The molecule has 0 amide bonds. The maximum absolute atomic E-state index is 9.48. The summed E-state index contributed by atoms with van der Waals surface area (Å²) in [6, 6.07) is 9.97. The first-order valence-electron chi connectivity index (χ1n) is 5.37. The standard InChI is InChI=1S/C12H18ClNO2/c13-8-12(16)10-14(6-7-15)9-11-4-2-1-3-5-11/h1-5,12,15-16H,6-10H2/t12-/m0/s1. The molecular formula is C12H18ClNO2. The van der Waals surface area contributed by atoms with E-state index in [9.17, 15) is 5.11 Å². The number of rotatable bonds is 7. The second-order valence-corrected chi connectivity index (χ2v) is 4.06. The zero-order valence-electron chi connectivity index (χ0n) is 9.22. The van der Waals surface area contributed by atoms with Crippen LogP contribution in [0.3, 0.4) is 0 Å². The molecule has 0 aliphatic heterocycles. The van der Waals surface area contributed by atoms with Gasteiger partial charge in [0.25, 0.3) is 0 Å². The molecule has 2 N–H and O–H groups in total. The summed E-state index contributed by atoms with van der Waals surface area (Å²) in [5.41, 5.74) is 1.16. The molecule has 0 aliphatic rings. The number of aliphatic hydroxyl groups excluding tert-OH is 2. The topological polar surface area (TPSA) is 43.7 Å². The molecule has 0 unspecified atom stereocenters. The molecule has 0 spiro atoms. The Labute approximate surface area is 101 Å². The van der Waals surface area contributed by atoms with Crippen LogP contribution in [-0.4, -0.2) is 46.8 Å². The van der Waals surface area contributed by atoms with E-state index in [1.165, 1.54) is 0 Å². The van der Waals surface area contributed by atoms with Crippen molar-refractivity contribution in [1.29, 1.82) is 0 Å². The minimum atomic E-state index is -0.545. The summed E-state index contributed by atoms with van der Waals surface area (Å²) in [6.45, 7) is 1.83. The number of halogens is 1. The molecule has 0 aromatic heterocycles. The molecule has 0 radical (unpaired) electrons. The van der Waals surface area contributed by atoms with E-state index < -0.39 is 6.10 Å². The van der Waals surface area contributed by atoms with Gasteiger partial charge in [0.05, 0.1) is 12.7 Å². The van der Waals surface area contributed by atoms with Crippen molar-refractivity contribution in [3.63, 3.8) is 0 Å². The van der Waals surface area contributed by atoms with E-state index in [-0.39, 0.29) is 12.5 Å². The van der Waals surface area contributed by atoms with E-state index in [0.717, 1.165) is 12.1 Å². The van der Waals surface area contributed by atoms with Gasteiger partial charge in [-0.3, -0.25) is 4.90 Å². The molecule has 0 aliphatic carbocycles. The molecule has 0 bridgehead atoms. The second kappa shape index (κ2) is 7.63. The van der Waals surface area contributed by atoms with Gasteiger partial charge in [0.2, 0.25) is 0 Å². The van der Waals surface area contributed by atoms with Gasteiger partial charge in [-0.05, 0) is 5.56 Å². The minimum absolute atomic E-state index is 0.0852. The average Bonchev–Trinajstić information content (AvgIpc) is 2.30. The molecule has 0 fully saturated rings. The fourth-order valence-corrected chi connectivity index (χ4v) is 1.66. The van der Waals surface area contributed by atoms with Gasteiger partial charge in [0.1, 0.15) is 0 Å². The quantitative estimate of drug-likeness (QED) is 0.705. The Hall–Kier alpha value is -0.610. The summed E-state index contributed by atoms with van der Waals surface area (Å²) in [4.78, 5) is 1.99. The van der Waals surface area contributed by atoms with Gasteiger partial charge in [0.15, 0.2) is 0 Å². The number of aliphatic hydroxyl groups is 2. The van der Waals surface area contributed by atoms with E-state index in [2.05, 4.69) is 0 Å². The predicted octanol–water partition coefficient (Wildman–Crippen LogP) is 1.08. The molecule has 1 aromatic carbocycles. The van der Waals surface area contributed by atoms with Crippen molar-refractivity contribution in [1.82, 2.24) is 4.90 Å². The first-order chi connectivity index (χ1) is 7.76. The number of hydrogen-bond acceptors (Lipinski definition) is 3. The molecule has 0 saturated carbocycles. The summed E-state index contributed by atoms with van der Waals surface area (Å²) >= 11 is 5.56. The van der Waals surface area contributed by atoms with Gasteiger partial charge in [0, 0.05) is 25.5 Å². The molecule has 3 nitrogen and oxygen atoms in total. The van der Waals surface area contributed by atoms with Crippen LogP contribution in [0.5, 0.6) is 0 Å². The summed E-state index contributed by atoms with van der Waals surface area (Å²) in [5, 5.41) is 18.4. The van der Waals surface area contributed by atoms with Gasteiger partial charge < -0.3 is 10.2 Å². The highest BCUT2D eigenvalue weighted by Crippen LogP contribution is 2.05. The molecule has 1 rings (SSSR count). The summed E-state index contributed by atoms with van der Waals surface area (Å²) in [6.07, 6.45) is -0.545. The SMILES string of the molecule is OCCN(Cc1ccccc1)C[C@@H](O)CCl. The minimum Gasteiger partial charge on any atom is -0.395 e. The Bertz CT molecular complexity index is 282. The fraction of sp³-hybridized carbons (Fsp3) is 0.500. The summed E-state index contributed by atoms with van der Waals surface area (Å²) in [5.74, 6) is 0.219. The monoisotopic (exact) mass is 243 g/mol. The van der Waals surface area contributed by atoms with E-state index in [1.807, 2.05) is 35.2 Å². The third kappa shape index (κ3) is 4.94. The van der Waals surface area contributed by atoms with E-state index in [1.54, 1.807) is 0 Å². The van der Waals surface area contributed by atoms with Gasteiger partial charge in [-0.15, -0.1) is 11.6 Å². The van der Waals surface area contributed by atoms with Gasteiger partial charge in [-0.2, -0.15) is 0 Å². The molecule has 0 heterocycles. The first-order valence-corrected chi connectivity index (χ1v) is 5.91. The van der Waals surface area contributed by atoms with Gasteiger partial charge in [-0.1, -0.05) is 30.3 Å². The summed E-state index contributed by atoms with van der Waals surface area (Å²) < 4.78 is 0. The van der Waals surface area contributed by atoms with Crippen LogP contribution in [-0.2, 0) is 6.54 Å². The van der Waals surface area contributed by atoms with E-state index >= 15 is 0 Å². The maximum atomic E-state index is 9.48. The van der Waals surface area contributed by atoms with Crippen LogP contribution in [0, 0.1) is 0 Å². The van der Waals surface area contributed by atoms with Crippen molar-refractivity contribution in [2.45, 2.75) is 12.6 Å². The fourth-order valence-electron chi connectivity index (χ4n) is 1.56. The Morgan fingerprint density at radius 3 is 2.50 bits per heavy atom. The lowest BCUT2D eigenvalue weighted by atomic mass is 10.2. The van der Waals surface area contributed by atoms with Gasteiger partial charge >= 0.3 is 0 Å². The Morgan fingerprint density at radius 2 is 1.94 bits per heavy atom. The molecule has 16 heavy (non-hydrogen) atoms. The van der Waals surface area contributed by atoms with Crippen molar-refractivity contribution in [3.05, 3.63) is 35.9 Å².